The third-order valence-electron chi connectivity index (χ3n) is 4.60. The maximum Gasteiger partial charge on any atom is 0.264 e. The van der Waals surface area contributed by atoms with E-state index in [0.29, 0.717) is 28.9 Å². The molecule has 1 fully saturated rings. The molecule has 1 aliphatic heterocycles. The van der Waals surface area contributed by atoms with E-state index in [9.17, 15) is 10.1 Å². The lowest BCUT2D eigenvalue weighted by Crippen LogP contribution is -2.49. The average Bonchev–Trinajstić information content (AvgIpc) is 2.77. The van der Waals surface area contributed by atoms with Gasteiger partial charge >= 0.3 is 0 Å². The number of amides is 1. The third kappa shape index (κ3) is 5.16. The Bertz CT molecular complexity index is 984. The van der Waals surface area contributed by atoms with Crippen LogP contribution in [-0.4, -0.2) is 43.6 Å². The molecule has 146 valence electrons. The minimum absolute atomic E-state index is 0.0509. The summed E-state index contributed by atoms with van der Waals surface area (Å²) in [6.07, 6.45) is 1.57. The van der Waals surface area contributed by atoms with Crippen molar-refractivity contribution in [2.45, 2.75) is 0 Å². The monoisotopic (exact) mass is 450 g/mol. The van der Waals surface area contributed by atoms with E-state index in [2.05, 4.69) is 33.0 Å². The van der Waals surface area contributed by atoms with E-state index in [-0.39, 0.29) is 18.1 Å². The number of rotatable bonds is 5. The highest BCUT2D eigenvalue weighted by atomic mass is 79.9. The molecule has 0 unspecified atom stereocenters. The van der Waals surface area contributed by atoms with Gasteiger partial charge in [-0.2, -0.15) is 10.5 Å². The molecule has 7 heteroatoms. The van der Waals surface area contributed by atoms with Gasteiger partial charge in [-0.15, -0.1) is 0 Å². The summed E-state index contributed by atoms with van der Waals surface area (Å²) < 4.78 is 5.94. The molecule has 0 bridgehead atoms. The summed E-state index contributed by atoms with van der Waals surface area (Å²) in [5, 5.41) is 18.1. The Morgan fingerprint density at radius 3 is 2.45 bits per heavy atom. The van der Waals surface area contributed by atoms with Crippen molar-refractivity contribution in [3.8, 4) is 17.9 Å². The van der Waals surface area contributed by atoms with Crippen LogP contribution in [0.25, 0.3) is 6.08 Å². The first-order valence-electron chi connectivity index (χ1n) is 9.12. The number of anilines is 1. The maximum atomic E-state index is 12.8. The van der Waals surface area contributed by atoms with E-state index in [4.69, 9.17) is 10.00 Å². The van der Waals surface area contributed by atoms with Crippen molar-refractivity contribution in [2.24, 2.45) is 0 Å². The quantitative estimate of drug-likeness (QED) is 0.513. The molecule has 2 aromatic rings. The topological polar surface area (TPSA) is 80.4 Å². The van der Waals surface area contributed by atoms with Gasteiger partial charge in [-0.25, -0.2) is 0 Å². The first-order valence-corrected chi connectivity index (χ1v) is 9.92. The van der Waals surface area contributed by atoms with Crippen LogP contribution in [0.15, 0.2) is 58.6 Å². The number of piperazine rings is 1. The van der Waals surface area contributed by atoms with Gasteiger partial charge in [0.2, 0.25) is 0 Å². The van der Waals surface area contributed by atoms with Crippen molar-refractivity contribution in [2.75, 3.05) is 37.7 Å². The molecule has 1 heterocycles. The Hall–Kier alpha value is -3.29. The van der Waals surface area contributed by atoms with Crippen LogP contribution in [0.1, 0.15) is 5.56 Å². The fourth-order valence-corrected chi connectivity index (χ4v) is 3.63. The van der Waals surface area contributed by atoms with Gasteiger partial charge in [-0.3, -0.25) is 4.79 Å². The second kappa shape index (κ2) is 9.77. The van der Waals surface area contributed by atoms with Crippen molar-refractivity contribution in [1.82, 2.24) is 4.90 Å². The van der Waals surface area contributed by atoms with Crippen molar-refractivity contribution in [3.05, 3.63) is 64.1 Å². The summed E-state index contributed by atoms with van der Waals surface area (Å²) in [7, 11) is 0. The summed E-state index contributed by atoms with van der Waals surface area (Å²) in [4.78, 5) is 16.8. The SMILES string of the molecule is N#CCOc1ccc(/C=C(/C#N)C(=O)N2CCN(c3ccccc3)CC2)cc1Br. The lowest BCUT2D eigenvalue weighted by Gasteiger charge is -2.36. The lowest BCUT2D eigenvalue weighted by atomic mass is 10.1. The van der Waals surface area contributed by atoms with E-state index in [1.807, 2.05) is 30.3 Å². The van der Waals surface area contributed by atoms with Crippen LogP contribution in [0.2, 0.25) is 0 Å². The first-order chi connectivity index (χ1) is 14.1. The number of carbonyl (C=O) groups excluding carboxylic acids is 1. The Labute approximate surface area is 178 Å². The second-order valence-electron chi connectivity index (χ2n) is 6.42. The number of para-hydroxylation sites is 1. The minimum atomic E-state index is -0.263. The Kier molecular flexibility index (Phi) is 6.89. The van der Waals surface area contributed by atoms with Crippen molar-refractivity contribution in [1.29, 1.82) is 10.5 Å². The van der Waals surface area contributed by atoms with Gasteiger partial charge in [0, 0.05) is 31.9 Å². The van der Waals surface area contributed by atoms with E-state index < -0.39 is 0 Å². The number of nitriles is 2. The maximum absolute atomic E-state index is 12.8. The number of ether oxygens (including phenoxy) is 1. The van der Waals surface area contributed by atoms with Crippen LogP contribution in [0, 0.1) is 22.7 Å². The molecule has 29 heavy (non-hydrogen) atoms. The Morgan fingerprint density at radius 1 is 1.10 bits per heavy atom. The first kappa shape index (κ1) is 20.4. The lowest BCUT2D eigenvalue weighted by molar-refractivity contribution is -0.126. The summed E-state index contributed by atoms with van der Waals surface area (Å²) in [6.45, 7) is 2.54. The van der Waals surface area contributed by atoms with E-state index in [1.165, 1.54) is 0 Å². The van der Waals surface area contributed by atoms with Crippen molar-refractivity contribution in [3.63, 3.8) is 0 Å². The molecule has 0 saturated carbocycles. The van der Waals surface area contributed by atoms with Crippen molar-refractivity contribution >= 4 is 33.6 Å². The predicted molar refractivity (Wildman–Crippen MR) is 114 cm³/mol. The number of carbonyl (C=O) groups is 1. The molecular weight excluding hydrogens is 432 g/mol. The van der Waals surface area contributed by atoms with Gasteiger partial charge < -0.3 is 14.5 Å². The van der Waals surface area contributed by atoms with Crippen LogP contribution in [-0.2, 0) is 4.79 Å². The molecule has 1 amide bonds. The van der Waals surface area contributed by atoms with Gasteiger partial charge in [0.05, 0.1) is 4.47 Å². The molecule has 0 radical (unpaired) electrons. The second-order valence-corrected chi connectivity index (χ2v) is 7.28. The van der Waals surface area contributed by atoms with Crippen LogP contribution in [0.5, 0.6) is 5.75 Å². The predicted octanol–water partition coefficient (Wildman–Crippen LogP) is 3.61. The minimum Gasteiger partial charge on any atom is -0.478 e. The van der Waals surface area contributed by atoms with Crippen LogP contribution in [0.4, 0.5) is 5.69 Å². The van der Waals surface area contributed by atoms with E-state index in [0.717, 1.165) is 18.8 Å². The summed E-state index contributed by atoms with van der Waals surface area (Å²) >= 11 is 3.38. The van der Waals surface area contributed by atoms with E-state index >= 15 is 0 Å². The summed E-state index contributed by atoms with van der Waals surface area (Å²) in [5.41, 5.74) is 1.93. The number of hydrogen-bond acceptors (Lipinski definition) is 5. The average molecular weight is 451 g/mol. The van der Waals surface area contributed by atoms with Gasteiger partial charge in [-0.1, -0.05) is 24.3 Å². The Morgan fingerprint density at radius 2 is 1.83 bits per heavy atom. The number of benzene rings is 2. The van der Waals surface area contributed by atoms with Gasteiger partial charge in [0.25, 0.3) is 5.91 Å². The molecule has 0 atom stereocenters. The molecule has 0 spiro atoms. The van der Waals surface area contributed by atoms with Crippen molar-refractivity contribution < 1.29 is 9.53 Å². The van der Waals surface area contributed by atoms with E-state index in [1.54, 1.807) is 29.2 Å². The molecule has 3 rings (SSSR count). The fourth-order valence-electron chi connectivity index (χ4n) is 3.12. The normalized spacial score (nSPS) is 14.1. The van der Waals surface area contributed by atoms with Crippen LogP contribution in [0.3, 0.4) is 0 Å². The molecule has 1 saturated heterocycles. The highest BCUT2D eigenvalue weighted by Crippen LogP contribution is 2.27. The van der Waals surface area contributed by atoms with Gasteiger partial charge in [0.1, 0.15) is 23.5 Å². The van der Waals surface area contributed by atoms with Gasteiger partial charge in [-0.05, 0) is 51.8 Å². The third-order valence-corrected chi connectivity index (χ3v) is 5.22. The van der Waals surface area contributed by atoms with Gasteiger partial charge in [0.15, 0.2) is 6.61 Å². The molecule has 6 nitrogen and oxygen atoms in total. The number of hydrogen-bond donors (Lipinski definition) is 0. The zero-order valence-corrected chi connectivity index (χ0v) is 17.3. The highest BCUT2D eigenvalue weighted by Gasteiger charge is 2.23. The number of nitrogens with zero attached hydrogens (tertiary/aromatic N) is 4. The molecule has 0 N–H and O–H groups in total. The molecule has 2 aromatic carbocycles. The fraction of sp³-hybridized carbons (Fsp3) is 0.227. The van der Waals surface area contributed by atoms with Crippen LogP contribution < -0.4 is 9.64 Å². The smallest absolute Gasteiger partial charge is 0.264 e. The summed E-state index contributed by atoms with van der Waals surface area (Å²) in [6, 6.07) is 19.2. The number of halogens is 1. The zero-order valence-electron chi connectivity index (χ0n) is 15.7. The molecule has 1 aliphatic rings. The largest absolute Gasteiger partial charge is 0.478 e. The Balaban J connectivity index is 1.67. The van der Waals surface area contributed by atoms with Crippen LogP contribution >= 0.6 is 15.9 Å². The highest BCUT2D eigenvalue weighted by molar-refractivity contribution is 9.10. The molecular formula is C22H19BrN4O2. The standard InChI is InChI=1S/C22H19BrN4O2/c23-20-15-17(6-7-21(20)29-13-8-24)14-18(16-25)22(28)27-11-9-26(10-12-27)19-4-2-1-3-5-19/h1-7,14-15H,9-13H2/b18-14-. The zero-order chi connectivity index (χ0) is 20.6. The molecule has 0 aromatic heterocycles. The summed E-state index contributed by atoms with van der Waals surface area (Å²) in [5.74, 6) is 0.270. The molecule has 0 aliphatic carbocycles.